The Kier molecular flexibility index (Phi) is 5.59. The number of aromatic nitrogens is 1. The Morgan fingerprint density at radius 1 is 1.63 bits per heavy atom. The number of nitrogens with zero attached hydrogens (tertiary/aromatic N) is 2. The van der Waals surface area contributed by atoms with Crippen molar-refractivity contribution < 1.29 is 24.6 Å². The molecule has 2 unspecified atom stereocenters. The highest BCUT2D eigenvalue weighted by atomic mass is 31.2. The van der Waals surface area contributed by atoms with Crippen LogP contribution in [0.3, 0.4) is 0 Å². The second kappa shape index (κ2) is 6.74. The zero-order chi connectivity index (χ0) is 14.5. The van der Waals surface area contributed by atoms with E-state index < -0.39 is 19.1 Å². The Morgan fingerprint density at radius 3 is 2.84 bits per heavy atom. The number of amides is 1. The molecule has 0 aliphatic carbocycles. The van der Waals surface area contributed by atoms with Gasteiger partial charge in [-0.25, -0.2) is 5.06 Å². The highest BCUT2D eigenvalue weighted by Gasteiger charge is 2.22. The Morgan fingerprint density at radius 2 is 2.32 bits per heavy atom. The predicted molar refractivity (Wildman–Crippen MR) is 66.8 cm³/mol. The minimum absolute atomic E-state index is 0.204. The van der Waals surface area contributed by atoms with Crippen LogP contribution in [0.25, 0.3) is 0 Å². The summed E-state index contributed by atoms with van der Waals surface area (Å²) in [6.07, 6.45) is 2.79. The number of pyridine rings is 1. The predicted octanol–water partition coefficient (Wildman–Crippen LogP) is -0.321. The van der Waals surface area contributed by atoms with Crippen molar-refractivity contribution >= 4 is 13.3 Å². The average molecular weight is 289 g/mol. The van der Waals surface area contributed by atoms with Gasteiger partial charge < -0.3 is 10.00 Å². The molecule has 4 N–H and O–H groups in total. The number of carbonyl (C=O) groups excluding carboxylic acids is 1. The molecule has 0 radical (unpaired) electrons. The molecule has 1 aromatic rings. The van der Waals surface area contributed by atoms with Gasteiger partial charge >= 0.3 is 0 Å². The van der Waals surface area contributed by atoms with Crippen LogP contribution in [0.15, 0.2) is 24.5 Å². The second-order valence-electron chi connectivity index (χ2n) is 3.98. The lowest BCUT2D eigenvalue weighted by Crippen LogP contribution is -2.39. The van der Waals surface area contributed by atoms with Gasteiger partial charge in [0, 0.05) is 25.6 Å². The minimum Gasteiger partial charge on any atom is -0.382 e. The number of aliphatic hydroxyl groups is 1. The molecule has 0 saturated carbocycles. The summed E-state index contributed by atoms with van der Waals surface area (Å²) in [7, 11) is -3.60. The fourth-order valence-electron chi connectivity index (χ4n) is 1.18. The van der Waals surface area contributed by atoms with Crippen molar-refractivity contribution in [3.05, 3.63) is 30.1 Å². The number of hydroxylamine groups is 2. The second-order valence-corrected chi connectivity index (χ2v) is 6.47. The SMILES string of the molecule is CP(=O)(O)C(O)CNCN(O)C(=O)c1cccnc1. The molecular formula is C10H16N3O5P. The first-order chi connectivity index (χ1) is 8.82. The van der Waals surface area contributed by atoms with Crippen LogP contribution in [0.5, 0.6) is 0 Å². The Hall–Kier alpha value is -1.31. The number of rotatable bonds is 6. The monoisotopic (exact) mass is 289 g/mol. The number of carbonyl (C=O) groups is 1. The van der Waals surface area contributed by atoms with Crippen LogP contribution < -0.4 is 5.32 Å². The maximum atomic E-state index is 11.6. The molecule has 0 fully saturated rings. The van der Waals surface area contributed by atoms with Crippen molar-refractivity contribution in [2.24, 2.45) is 0 Å². The van der Waals surface area contributed by atoms with E-state index >= 15 is 0 Å². The fraction of sp³-hybridized carbons (Fsp3) is 0.400. The van der Waals surface area contributed by atoms with Gasteiger partial charge in [-0.2, -0.15) is 0 Å². The largest absolute Gasteiger partial charge is 0.382 e. The van der Waals surface area contributed by atoms with E-state index in [-0.39, 0.29) is 18.8 Å². The molecule has 106 valence electrons. The summed E-state index contributed by atoms with van der Waals surface area (Å²) in [6, 6.07) is 3.04. The highest BCUT2D eigenvalue weighted by molar-refractivity contribution is 7.57. The minimum atomic E-state index is -3.60. The quantitative estimate of drug-likeness (QED) is 0.245. The van der Waals surface area contributed by atoms with E-state index in [1.165, 1.54) is 18.5 Å². The topological polar surface area (TPSA) is 123 Å². The lowest BCUT2D eigenvalue weighted by Gasteiger charge is -2.18. The van der Waals surface area contributed by atoms with E-state index in [2.05, 4.69) is 10.3 Å². The van der Waals surface area contributed by atoms with E-state index in [9.17, 15) is 19.7 Å². The third-order valence-electron chi connectivity index (χ3n) is 2.28. The van der Waals surface area contributed by atoms with Crippen molar-refractivity contribution in [2.45, 2.75) is 5.85 Å². The van der Waals surface area contributed by atoms with Crippen molar-refractivity contribution in [3.63, 3.8) is 0 Å². The number of nitrogens with one attached hydrogen (secondary N) is 1. The van der Waals surface area contributed by atoms with Crippen LogP contribution in [-0.2, 0) is 4.57 Å². The van der Waals surface area contributed by atoms with Gasteiger partial charge in [-0.3, -0.25) is 24.9 Å². The summed E-state index contributed by atoms with van der Waals surface area (Å²) in [5.41, 5.74) is 0.204. The maximum Gasteiger partial charge on any atom is 0.280 e. The molecule has 0 spiro atoms. The first kappa shape index (κ1) is 15.7. The van der Waals surface area contributed by atoms with Crippen LogP contribution in [0, 0.1) is 0 Å². The molecule has 2 atom stereocenters. The van der Waals surface area contributed by atoms with E-state index in [4.69, 9.17) is 4.89 Å². The van der Waals surface area contributed by atoms with Crippen molar-refractivity contribution in [1.29, 1.82) is 0 Å². The zero-order valence-electron chi connectivity index (χ0n) is 10.3. The maximum absolute atomic E-state index is 11.6. The van der Waals surface area contributed by atoms with Gasteiger partial charge in [-0.1, -0.05) is 0 Å². The van der Waals surface area contributed by atoms with Gasteiger partial charge in [-0.05, 0) is 12.1 Å². The Balaban J connectivity index is 2.42. The van der Waals surface area contributed by atoms with E-state index in [0.717, 1.165) is 6.66 Å². The summed E-state index contributed by atoms with van der Waals surface area (Å²) >= 11 is 0. The molecule has 1 amide bonds. The van der Waals surface area contributed by atoms with Gasteiger partial charge in [0.1, 0.15) is 5.85 Å². The normalized spacial score (nSPS) is 15.6. The summed E-state index contributed by atoms with van der Waals surface area (Å²) in [5.74, 6) is -2.12. The van der Waals surface area contributed by atoms with Gasteiger partial charge in [0.2, 0.25) is 7.37 Å². The summed E-state index contributed by atoms with van der Waals surface area (Å²) in [6.45, 7) is 0.517. The first-order valence-corrected chi connectivity index (χ1v) is 7.59. The van der Waals surface area contributed by atoms with E-state index in [1.807, 2.05) is 0 Å². The van der Waals surface area contributed by atoms with Crippen molar-refractivity contribution in [3.8, 4) is 0 Å². The Bertz CT molecular complexity index is 463. The number of hydrogen-bond donors (Lipinski definition) is 4. The molecule has 8 nitrogen and oxygen atoms in total. The summed E-state index contributed by atoms with van der Waals surface area (Å²) in [4.78, 5) is 24.4. The van der Waals surface area contributed by atoms with Gasteiger partial charge in [0.05, 0.1) is 12.2 Å². The van der Waals surface area contributed by atoms with Crippen molar-refractivity contribution in [2.75, 3.05) is 19.9 Å². The highest BCUT2D eigenvalue weighted by Crippen LogP contribution is 2.39. The molecule has 0 bridgehead atoms. The summed E-state index contributed by atoms with van der Waals surface area (Å²) in [5, 5.41) is 21.6. The van der Waals surface area contributed by atoms with Crippen LogP contribution in [0.1, 0.15) is 10.4 Å². The molecule has 0 saturated heterocycles. The average Bonchev–Trinajstić information content (AvgIpc) is 2.37. The molecular weight excluding hydrogens is 273 g/mol. The number of aliphatic hydroxyl groups excluding tert-OH is 1. The molecule has 0 aromatic carbocycles. The molecule has 0 aliphatic heterocycles. The third kappa shape index (κ3) is 5.06. The van der Waals surface area contributed by atoms with Crippen LogP contribution in [-0.4, -0.2) is 56.9 Å². The lowest BCUT2D eigenvalue weighted by atomic mass is 10.3. The summed E-state index contributed by atoms with van der Waals surface area (Å²) < 4.78 is 11.1. The lowest BCUT2D eigenvalue weighted by molar-refractivity contribution is -0.0638. The zero-order valence-corrected chi connectivity index (χ0v) is 11.2. The van der Waals surface area contributed by atoms with Crippen LogP contribution in [0.2, 0.25) is 0 Å². The third-order valence-corrected chi connectivity index (χ3v) is 3.57. The standard InChI is InChI=1S/C10H16N3O5P/c1-19(17,18)9(14)6-12-7-13(16)10(15)8-3-2-4-11-5-8/h2-5,9,12,14,16H,6-7H2,1H3,(H,17,18). The molecule has 0 aliphatic rings. The molecule has 1 aromatic heterocycles. The molecule has 1 heterocycles. The van der Waals surface area contributed by atoms with Gasteiger partial charge in [0.25, 0.3) is 5.91 Å². The number of hydrogen-bond acceptors (Lipinski definition) is 6. The van der Waals surface area contributed by atoms with Gasteiger partial charge in [0.15, 0.2) is 0 Å². The molecule has 9 heteroatoms. The van der Waals surface area contributed by atoms with Crippen LogP contribution in [0.4, 0.5) is 0 Å². The molecule has 19 heavy (non-hydrogen) atoms. The van der Waals surface area contributed by atoms with Gasteiger partial charge in [-0.15, -0.1) is 0 Å². The van der Waals surface area contributed by atoms with Crippen molar-refractivity contribution in [1.82, 2.24) is 15.4 Å². The van der Waals surface area contributed by atoms with E-state index in [0.29, 0.717) is 5.06 Å². The fourth-order valence-corrected chi connectivity index (χ4v) is 1.65. The first-order valence-electron chi connectivity index (χ1n) is 5.42. The van der Waals surface area contributed by atoms with E-state index in [1.54, 1.807) is 6.07 Å². The smallest absolute Gasteiger partial charge is 0.280 e. The molecule has 1 rings (SSSR count). The van der Waals surface area contributed by atoms with Crippen LogP contribution >= 0.6 is 7.37 Å². The Labute approximate surface area is 110 Å².